The van der Waals surface area contributed by atoms with Crippen molar-refractivity contribution in [2.24, 2.45) is 0 Å². The summed E-state index contributed by atoms with van der Waals surface area (Å²) in [6.07, 6.45) is 3.29. The minimum absolute atomic E-state index is 0. The van der Waals surface area contributed by atoms with Crippen LogP contribution in [-0.4, -0.2) is 35.9 Å². The van der Waals surface area contributed by atoms with Gasteiger partial charge in [-0.3, -0.25) is 0 Å². The third kappa shape index (κ3) is 6.58. The van der Waals surface area contributed by atoms with Crippen molar-refractivity contribution in [3.05, 3.63) is 129 Å². The van der Waals surface area contributed by atoms with Gasteiger partial charge in [0.05, 0.1) is 27.4 Å². The molecule has 0 unspecified atom stereocenters. The molecule has 4 heterocycles. The number of aromatic nitrogens is 4. The van der Waals surface area contributed by atoms with Gasteiger partial charge in [-0.2, -0.15) is 0 Å². The first kappa shape index (κ1) is 37.1. The maximum atomic E-state index is 13.0. The molecule has 0 saturated heterocycles. The molecular formula is C38H36BrKN4O4S2. The Morgan fingerprint density at radius 3 is 1.66 bits per heavy atom. The van der Waals surface area contributed by atoms with Gasteiger partial charge >= 0.3 is 51.4 Å². The first-order valence-electron chi connectivity index (χ1n) is 16.0. The summed E-state index contributed by atoms with van der Waals surface area (Å²) in [4.78, 5) is 9.20. The second-order valence-corrected chi connectivity index (χ2v) is 17.0. The summed E-state index contributed by atoms with van der Waals surface area (Å²) in [5, 5.41) is 0.233. The van der Waals surface area contributed by atoms with Crippen molar-refractivity contribution in [1.82, 2.24) is 19.1 Å². The van der Waals surface area contributed by atoms with Crippen molar-refractivity contribution in [3.63, 3.8) is 0 Å². The van der Waals surface area contributed by atoms with E-state index in [4.69, 9.17) is 0 Å². The third-order valence-electron chi connectivity index (χ3n) is 9.48. The van der Waals surface area contributed by atoms with E-state index in [1.165, 1.54) is 33.4 Å². The molecule has 12 heteroatoms. The Morgan fingerprint density at radius 1 is 0.640 bits per heavy atom. The fourth-order valence-corrected chi connectivity index (χ4v) is 10.1. The maximum Gasteiger partial charge on any atom is 1.00 e. The van der Waals surface area contributed by atoms with Gasteiger partial charge in [0, 0.05) is 24.2 Å². The van der Waals surface area contributed by atoms with Crippen LogP contribution in [0.25, 0.3) is 22.5 Å². The summed E-state index contributed by atoms with van der Waals surface area (Å²) >= 11 is 3.48. The van der Waals surface area contributed by atoms with E-state index in [1.807, 2.05) is 9.13 Å². The predicted molar refractivity (Wildman–Crippen MR) is 194 cm³/mol. The largest absolute Gasteiger partial charge is 1.00 e. The molecule has 8 rings (SSSR count). The number of halogens is 1. The zero-order chi connectivity index (χ0) is 34.7. The van der Waals surface area contributed by atoms with Gasteiger partial charge in [-0.15, -0.1) is 0 Å². The fourth-order valence-electron chi connectivity index (χ4n) is 6.58. The fraction of sp³-hybridized carbons (Fsp3) is 0.211. The number of nitrogens with zero attached hydrogens (tertiary/aromatic N) is 4. The average Bonchev–Trinajstić information content (AvgIpc) is 3.70. The zero-order valence-electron chi connectivity index (χ0n) is 29.6. The van der Waals surface area contributed by atoms with E-state index in [2.05, 4.69) is 77.9 Å². The first-order valence-corrected chi connectivity index (χ1v) is 19.8. The molecule has 0 N–H and O–H groups in total. The number of imidazole rings is 2. The molecule has 2 aliphatic rings. The minimum atomic E-state index is -3.66. The first-order chi connectivity index (χ1) is 23.4. The molecule has 0 fully saturated rings. The second kappa shape index (κ2) is 14.4. The van der Waals surface area contributed by atoms with Gasteiger partial charge in [0.1, 0.15) is 4.60 Å². The summed E-state index contributed by atoms with van der Waals surface area (Å²) in [6, 6.07) is 25.6. The van der Waals surface area contributed by atoms with Gasteiger partial charge in [-0.1, -0.05) is 48.5 Å². The summed E-state index contributed by atoms with van der Waals surface area (Å²) in [5.74, 6) is 0. The number of fused-ring (bicyclic) bond motifs is 6. The summed E-state index contributed by atoms with van der Waals surface area (Å²) in [6.45, 7) is 9.58. The van der Waals surface area contributed by atoms with Crippen LogP contribution in [0.4, 0.5) is 0 Å². The van der Waals surface area contributed by atoms with Crippen LogP contribution in [0.2, 0.25) is 0 Å². The van der Waals surface area contributed by atoms with Gasteiger partial charge in [0.15, 0.2) is 0 Å². The molecule has 0 aliphatic carbocycles. The molecule has 8 nitrogen and oxygen atoms in total. The number of aryl methyl sites for hydroxylation is 6. The van der Waals surface area contributed by atoms with E-state index < -0.39 is 19.7 Å². The van der Waals surface area contributed by atoms with Crippen molar-refractivity contribution in [1.29, 1.82) is 0 Å². The Morgan fingerprint density at radius 2 is 1.10 bits per heavy atom. The van der Waals surface area contributed by atoms with Gasteiger partial charge in [0.2, 0.25) is 30.0 Å². The smallest absolute Gasteiger partial charge is 1.00 e. The molecule has 0 bridgehead atoms. The SMILES string of the molecule is Cc1cc2c(cc1C)-c1c(Br)nc(S(=O)(=O)c3ccccc3)n1CC2.Cc1cc2c(cc1C)-c1cnc(S(=O)(=O)c3ccccc3)n1CC2.[H-].[K+]. The van der Waals surface area contributed by atoms with Gasteiger partial charge in [-0.25, -0.2) is 26.8 Å². The van der Waals surface area contributed by atoms with Crippen LogP contribution in [0, 0.1) is 27.7 Å². The molecule has 252 valence electrons. The number of hydrogen-bond donors (Lipinski definition) is 0. The monoisotopic (exact) mass is 794 g/mol. The average molecular weight is 796 g/mol. The quantitative estimate of drug-likeness (QED) is 0.233. The van der Waals surface area contributed by atoms with Crippen molar-refractivity contribution >= 4 is 35.6 Å². The van der Waals surface area contributed by atoms with Gasteiger partial charge in [0.25, 0.3) is 0 Å². The molecular weight excluding hydrogens is 760 g/mol. The maximum absolute atomic E-state index is 13.0. The molecule has 0 saturated carbocycles. The van der Waals surface area contributed by atoms with Crippen LogP contribution >= 0.6 is 15.9 Å². The Balaban J connectivity index is 0.000000190. The Bertz CT molecular complexity index is 2480. The summed E-state index contributed by atoms with van der Waals surface area (Å²) < 4.78 is 56.2. The predicted octanol–water partition coefficient (Wildman–Crippen LogP) is 4.99. The van der Waals surface area contributed by atoms with Gasteiger partial charge < -0.3 is 10.6 Å². The van der Waals surface area contributed by atoms with E-state index in [9.17, 15) is 16.8 Å². The summed E-state index contributed by atoms with van der Waals surface area (Å²) in [5.41, 5.74) is 11.3. The van der Waals surface area contributed by atoms with E-state index in [1.54, 1.807) is 66.9 Å². The van der Waals surface area contributed by atoms with E-state index in [0.717, 1.165) is 35.4 Å². The molecule has 6 aromatic rings. The Kier molecular flexibility index (Phi) is 10.7. The van der Waals surface area contributed by atoms with E-state index >= 15 is 0 Å². The number of rotatable bonds is 4. The topological polar surface area (TPSA) is 104 Å². The molecule has 2 aliphatic heterocycles. The van der Waals surface area contributed by atoms with Crippen LogP contribution < -0.4 is 51.4 Å². The number of hydrogen-bond acceptors (Lipinski definition) is 6. The van der Waals surface area contributed by atoms with E-state index in [-0.39, 0.29) is 72.9 Å². The van der Waals surface area contributed by atoms with Crippen LogP contribution in [0.5, 0.6) is 0 Å². The molecule has 50 heavy (non-hydrogen) atoms. The molecule has 0 radical (unpaired) electrons. The zero-order valence-corrected chi connectivity index (χ0v) is 34.9. The van der Waals surface area contributed by atoms with Crippen molar-refractivity contribution in [3.8, 4) is 22.5 Å². The van der Waals surface area contributed by atoms with Gasteiger partial charge in [-0.05, 0) is 126 Å². The van der Waals surface area contributed by atoms with Crippen LogP contribution in [0.15, 0.2) is 116 Å². The van der Waals surface area contributed by atoms with Crippen LogP contribution in [0.1, 0.15) is 34.8 Å². The van der Waals surface area contributed by atoms with Crippen LogP contribution in [-0.2, 0) is 45.6 Å². The minimum Gasteiger partial charge on any atom is -1.00 e. The molecule has 0 spiro atoms. The van der Waals surface area contributed by atoms with Crippen molar-refractivity contribution in [2.45, 2.75) is 73.7 Å². The number of benzene rings is 4. The van der Waals surface area contributed by atoms with Crippen molar-refractivity contribution in [2.75, 3.05) is 0 Å². The summed E-state index contributed by atoms with van der Waals surface area (Å²) in [7, 11) is -7.26. The standard InChI is InChI=1S/C19H17BrN2O2S.C19H18N2O2S.K.H/c1-12-10-14-8-9-22-17(16(14)11-13(12)2)18(20)21-19(22)25(23,24)15-6-4-3-5-7-15;1-13-10-15-8-9-21-18(17(15)11-14(13)2)12-20-19(21)24(22,23)16-6-4-3-5-7-16;;/h3-7,10-11H,8-9H2,1-2H3;3-7,10-12H,8-9H2,1-2H3;;/q;;+1;-1. The molecule has 0 atom stereocenters. The Hall–Kier alpha value is -2.68. The second-order valence-electron chi connectivity index (χ2n) is 12.6. The van der Waals surface area contributed by atoms with Crippen LogP contribution in [0.3, 0.4) is 0 Å². The third-order valence-corrected chi connectivity index (χ3v) is 13.4. The molecule has 0 amide bonds. The van der Waals surface area contributed by atoms with Crippen molar-refractivity contribution < 1.29 is 69.6 Å². The molecule has 2 aromatic heterocycles. The molecule has 4 aromatic carbocycles. The normalized spacial score (nSPS) is 13.1. The Labute approximate surface area is 345 Å². The van der Waals surface area contributed by atoms with E-state index in [0.29, 0.717) is 17.7 Å². The number of sulfone groups is 2.